The van der Waals surface area contributed by atoms with Crippen molar-refractivity contribution in [2.24, 2.45) is 0 Å². The van der Waals surface area contributed by atoms with Crippen molar-refractivity contribution in [1.82, 2.24) is 5.32 Å². The van der Waals surface area contributed by atoms with E-state index >= 15 is 0 Å². The smallest absolute Gasteiger partial charge is 0.123 e. The van der Waals surface area contributed by atoms with Crippen molar-refractivity contribution in [2.45, 2.75) is 13.0 Å². The van der Waals surface area contributed by atoms with Crippen LogP contribution >= 0.6 is 0 Å². The minimum atomic E-state index is -0.196. The molecule has 0 radical (unpaired) electrons. The number of halogens is 1. The summed E-state index contributed by atoms with van der Waals surface area (Å²) in [6.07, 6.45) is 0.868. The van der Waals surface area contributed by atoms with Gasteiger partial charge in [-0.1, -0.05) is 30.3 Å². The maximum atomic E-state index is 12.8. The van der Waals surface area contributed by atoms with Gasteiger partial charge < -0.3 is 14.8 Å². The van der Waals surface area contributed by atoms with E-state index in [9.17, 15) is 4.39 Å². The fourth-order valence-corrected chi connectivity index (χ4v) is 2.13. The third-order valence-electron chi connectivity index (χ3n) is 3.34. The Labute approximate surface area is 131 Å². The van der Waals surface area contributed by atoms with Gasteiger partial charge in [-0.3, -0.25) is 0 Å². The van der Waals surface area contributed by atoms with Crippen LogP contribution in [0.15, 0.2) is 48.5 Å². The summed E-state index contributed by atoms with van der Waals surface area (Å²) in [7, 11) is 1.66. The maximum Gasteiger partial charge on any atom is 0.123 e. The summed E-state index contributed by atoms with van der Waals surface area (Å²) in [5.41, 5.74) is 2.25. The molecule has 2 aromatic carbocycles. The molecule has 0 amide bonds. The molecule has 0 bridgehead atoms. The van der Waals surface area contributed by atoms with E-state index in [0.717, 1.165) is 36.4 Å². The zero-order valence-corrected chi connectivity index (χ0v) is 12.8. The molecule has 0 heterocycles. The quantitative estimate of drug-likeness (QED) is 0.722. The number of hydrogen-bond acceptors (Lipinski definition) is 3. The minimum Gasteiger partial charge on any atom is -0.491 e. The predicted molar refractivity (Wildman–Crippen MR) is 85.6 cm³/mol. The second-order valence-corrected chi connectivity index (χ2v) is 5.00. The minimum absolute atomic E-state index is 0.196. The largest absolute Gasteiger partial charge is 0.491 e. The molecule has 3 nitrogen and oxygen atoms in total. The van der Waals surface area contributed by atoms with Crippen molar-refractivity contribution in [1.29, 1.82) is 0 Å². The molecular formula is C18H22FNO2. The van der Waals surface area contributed by atoms with E-state index < -0.39 is 0 Å². The highest BCUT2D eigenvalue weighted by Gasteiger charge is 2.02. The summed E-state index contributed by atoms with van der Waals surface area (Å²) in [5.74, 6) is 0.688. The average Bonchev–Trinajstić information content (AvgIpc) is 2.55. The third-order valence-corrected chi connectivity index (χ3v) is 3.34. The van der Waals surface area contributed by atoms with Crippen molar-refractivity contribution in [3.63, 3.8) is 0 Å². The number of rotatable bonds is 9. The summed E-state index contributed by atoms with van der Waals surface area (Å²) in [6.45, 7) is 2.69. The molecule has 0 spiro atoms. The Morgan fingerprint density at radius 3 is 2.55 bits per heavy atom. The first-order valence-corrected chi connectivity index (χ1v) is 7.44. The Balaban J connectivity index is 1.77. The lowest BCUT2D eigenvalue weighted by Crippen LogP contribution is -2.17. The molecule has 0 aliphatic carbocycles. The van der Waals surface area contributed by atoms with Crippen LogP contribution in [0.5, 0.6) is 5.75 Å². The van der Waals surface area contributed by atoms with Crippen molar-refractivity contribution in [2.75, 3.05) is 26.9 Å². The van der Waals surface area contributed by atoms with E-state index in [2.05, 4.69) is 5.32 Å². The first-order chi connectivity index (χ1) is 10.8. The van der Waals surface area contributed by atoms with Gasteiger partial charge in [0.05, 0.1) is 6.61 Å². The standard InChI is InChI=1S/C18H22FNO2/c1-21-12-13-22-18-5-3-2-4-16(18)14-20-11-10-15-6-8-17(19)9-7-15/h2-9,20H,10-14H2,1H3. The number of ether oxygens (including phenoxy) is 2. The summed E-state index contributed by atoms with van der Waals surface area (Å²) in [5, 5.41) is 3.39. The first kappa shape index (κ1) is 16.5. The maximum absolute atomic E-state index is 12.8. The number of hydrogen-bond donors (Lipinski definition) is 1. The van der Waals surface area contributed by atoms with Gasteiger partial charge in [0.1, 0.15) is 18.2 Å². The molecule has 4 heteroatoms. The highest BCUT2D eigenvalue weighted by molar-refractivity contribution is 5.33. The normalized spacial score (nSPS) is 10.6. The molecule has 0 unspecified atom stereocenters. The van der Waals surface area contributed by atoms with Crippen LogP contribution in [0.2, 0.25) is 0 Å². The molecular weight excluding hydrogens is 281 g/mol. The highest BCUT2D eigenvalue weighted by atomic mass is 19.1. The van der Waals surface area contributed by atoms with Crippen molar-refractivity contribution in [3.8, 4) is 5.75 Å². The molecule has 2 aromatic rings. The van der Waals surface area contributed by atoms with Crippen LogP contribution in [0.1, 0.15) is 11.1 Å². The van der Waals surface area contributed by atoms with Crippen LogP contribution < -0.4 is 10.1 Å². The third kappa shape index (κ3) is 5.47. The summed E-state index contributed by atoms with van der Waals surface area (Å²) in [6, 6.07) is 14.6. The summed E-state index contributed by atoms with van der Waals surface area (Å²) < 4.78 is 23.5. The van der Waals surface area contributed by atoms with Crippen LogP contribution in [-0.4, -0.2) is 26.9 Å². The van der Waals surface area contributed by atoms with Gasteiger partial charge in [0.15, 0.2) is 0 Å². The van der Waals surface area contributed by atoms with Crippen molar-refractivity contribution < 1.29 is 13.9 Å². The molecule has 118 valence electrons. The van der Waals surface area contributed by atoms with Gasteiger partial charge in [-0.05, 0) is 36.7 Å². The Morgan fingerprint density at radius 1 is 1.00 bits per heavy atom. The second kappa shape index (κ2) is 9.18. The number of para-hydroxylation sites is 1. The molecule has 0 aromatic heterocycles. The van der Waals surface area contributed by atoms with Crippen LogP contribution in [0.25, 0.3) is 0 Å². The van der Waals surface area contributed by atoms with E-state index in [1.54, 1.807) is 7.11 Å². The molecule has 0 fully saturated rings. The summed E-state index contributed by atoms with van der Waals surface area (Å²) in [4.78, 5) is 0. The molecule has 0 aliphatic rings. The Hall–Kier alpha value is -1.91. The fraction of sp³-hybridized carbons (Fsp3) is 0.333. The lowest BCUT2D eigenvalue weighted by atomic mass is 10.1. The van der Waals surface area contributed by atoms with Crippen LogP contribution in [0.4, 0.5) is 4.39 Å². The van der Waals surface area contributed by atoms with E-state index in [0.29, 0.717) is 13.2 Å². The van der Waals surface area contributed by atoms with Crippen LogP contribution in [0, 0.1) is 5.82 Å². The Bertz CT molecular complexity index is 557. The molecule has 0 saturated carbocycles. The SMILES string of the molecule is COCCOc1ccccc1CNCCc1ccc(F)cc1. The van der Waals surface area contributed by atoms with Gasteiger partial charge >= 0.3 is 0 Å². The lowest BCUT2D eigenvalue weighted by Gasteiger charge is -2.12. The van der Waals surface area contributed by atoms with E-state index in [-0.39, 0.29) is 5.82 Å². The zero-order chi connectivity index (χ0) is 15.6. The molecule has 1 N–H and O–H groups in total. The van der Waals surface area contributed by atoms with Gasteiger partial charge in [0.25, 0.3) is 0 Å². The fourth-order valence-electron chi connectivity index (χ4n) is 2.13. The Morgan fingerprint density at radius 2 is 1.77 bits per heavy atom. The molecule has 0 atom stereocenters. The van der Waals surface area contributed by atoms with E-state index in [4.69, 9.17) is 9.47 Å². The van der Waals surface area contributed by atoms with E-state index in [1.165, 1.54) is 12.1 Å². The van der Waals surface area contributed by atoms with Gasteiger partial charge in [0, 0.05) is 19.2 Å². The van der Waals surface area contributed by atoms with Crippen LogP contribution in [0.3, 0.4) is 0 Å². The van der Waals surface area contributed by atoms with Crippen molar-refractivity contribution >= 4 is 0 Å². The van der Waals surface area contributed by atoms with Crippen molar-refractivity contribution in [3.05, 3.63) is 65.5 Å². The monoisotopic (exact) mass is 303 g/mol. The zero-order valence-electron chi connectivity index (χ0n) is 12.8. The van der Waals surface area contributed by atoms with Gasteiger partial charge in [-0.2, -0.15) is 0 Å². The molecule has 22 heavy (non-hydrogen) atoms. The second-order valence-electron chi connectivity index (χ2n) is 5.00. The van der Waals surface area contributed by atoms with Gasteiger partial charge in [0.2, 0.25) is 0 Å². The van der Waals surface area contributed by atoms with Gasteiger partial charge in [-0.15, -0.1) is 0 Å². The lowest BCUT2D eigenvalue weighted by molar-refractivity contribution is 0.145. The van der Waals surface area contributed by atoms with Gasteiger partial charge in [-0.25, -0.2) is 4.39 Å². The Kier molecular flexibility index (Phi) is 6.87. The van der Waals surface area contributed by atoms with Crippen LogP contribution in [-0.2, 0) is 17.7 Å². The summed E-state index contributed by atoms with van der Waals surface area (Å²) >= 11 is 0. The topological polar surface area (TPSA) is 30.5 Å². The average molecular weight is 303 g/mol. The predicted octanol–water partition coefficient (Wildman–Crippen LogP) is 3.18. The first-order valence-electron chi connectivity index (χ1n) is 7.44. The highest BCUT2D eigenvalue weighted by Crippen LogP contribution is 2.17. The number of methoxy groups -OCH3 is 1. The molecule has 0 saturated heterocycles. The number of nitrogens with one attached hydrogen (secondary N) is 1. The number of benzene rings is 2. The van der Waals surface area contributed by atoms with E-state index in [1.807, 2.05) is 36.4 Å². The molecule has 0 aliphatic heterocycles. The molecule has 2 rings (SSSR count).